The minimum Gasteiger partial charge on any atom is -0.383 e. The molecular weight excluding hydrogens is 550 g/mol. The van der Waals surface area contributed by atoms with E-state index in [1.807, 2.05) is 0 Å². The van der Waals surface area contributed by atoms with E-state index in [4.69, 9.17) is 15.7 Å². The molecule has 5 nitrogen and oxygen atoms in total. The topological polar surface area (TPSA) is 67.1 Å². The van der Waals surface area contributed by atoms with Gasteiger partial charge in [-0.1, -0.05) is 115 Å². The summed E-state index contributed by atoms with van der Waals surface area (Å²) in [4.78, 5) is 11.8. The van der Waals surface area contributed by atoms with Gasteiger partial charge in [-0.2, -0.15) is 9.97 Å². The van der Waals surface area contributed by atoms with Gasteiger partial charge in [0, 0.05) is 23.1 Å². The van der Waals surface area contributed by atoms with Gasteiger partial charge in [0.2, 0.25) is 5.95 Å². The third-order valence-electron chi connectivity index (χ3n) is 8.51. The maximum Gasteiger partial charge on any atom is 0.238 e. The number of anilines is 6. The molecule has 3 N–H and O–H groups in total. The van der Waals surface area contributed by atoms with Crippen molar-refractivity contribution in [3.63, 3.8) is 0 Å². The standard InChI is InChI=1S/C40H55N5/c1-4-7-10-13-16-32-19-25-35(26-20-32)42-39-31-38(41)43-40(44-39)45(36-27-21-33(22-28-36)17-14-11-8-5-2)37-29-23-34(24-30-37)18-15-12-9-6-3/h19-31H,4-18H2,1-3H3,(H3,41,42,43,44). The fraction of sp³-hybridized carbons (Fsp3) is 0.450. The zero-order valence-corrected chi connectivity index (χ0v) is 28.0. The van der Waals surface area contributed by atoms with Crippen molar-refractivity contribution in [1.29, 1.82) is 0 Å². The van der Waals surface area contributed by atoms with Gasteiger partial charge < -0.3 is 11.1 Å². The molecule has 1 aromatic heterocycles. The minimum atomic E-state index is 0.431. The van der Waals surface area contributed by atoms with Crippen molar-refractivity contribution in [1.82, 2.24) is 9.97 Å². The molecule has 0 atom stereocenters. The molecule has 1 heterocycles. The lowest BCUT2D eigenvalue weighted by Gasteiger charge is -2.24. The van der Waals surface area contributed by atoms with Crippen molar-refractivity contribution in [2.45, 2.75) is 117 Å². The summed E-state index contributed by atoms with van der Waals surface area (Å²) in [5.74, 6) is 1.66. The van der Waals surface area contributed by atoms with Gasteiger partial charge in [-0.05, 0) is 91.6 Å². The van der Waals surface area contributed by atoms with Crippen LogP contribution in [0, 0.1) is 0 Å². The maximum atomic E-state index is 6.40. The number of aromatic nitrogens is 2. The summed E-state index contributed by atoms with van der Waals surface area (Å²) < 4.78 is 0. The fourth-order valence-corrected chi connectivity index (χ4v) is 5.79. The molecule has 0 aliphatic rings. The second-order valence-corrected chi connectivity index (χ2v) is 12.4. The smallest absolute Gasteiger partial charge is 0.238 e. The van der Waals surface area contributed by atoms with Crippen LogP contribution in [0.3, 0.4) is 0 Å². The van der Waals surface area contributed by atoms with E-state index in [0.717, 1.165) is 36.3 Å². The zero-order valence-electron chi connectivity index (χ0n) is 28.0. The Morgan fingerprint density at radius 3 is 1.38 bits per heavy atom. The first kappa shape index (κ1) is 34.0. The van der Waals surface area contributed by atoms with Gasteiger partial charge in [-0.3, -0.25) is 4.90 Å². The number of nitrogen functional groups attached to an aromatic ring is 1. The Hall–Kier alpha value is -3.86. The van der Waals surface area contributed by atoms with E-state index < -0.39 is 0 Å². The fourth-order valence-electron chi connectivity index (χ4n) is 5.79. The molecule has 0 fully saturated rings. The van der Waals surface area contributed by atoms with Crippen LogP contribution in [0.25, 0.3) is 0 Å². The van der Waals surface area contributed by atoms with E-state index in [-0.39, 0.29) is 0 Å². The molecule has 3 aromatic carbocycles. The molecule has 4 aromatic rings. The Balaban J connectivity index is 1.56. The molecule has 0 saturated heterocycles. The molecule has 0 amide bonds. The summed E-state index contributed by atoms with van der Waals surface area (Å²) in [5.41, 5.74) is 13.5. The Morgan fingerprint density at radius 2 is 0.956 bits per heavy atom. The highest BCUT2D eigenvalue weighted by molar-refractivity contribution is 5.74. The van der Waals surface area contributed by atoms with Gasteiger partial charge in [-0.25, -0.2) is 0 Å². The average Bonchev–Trinajstić information content (AvgIpc) is 3.05. The van der Waals surface area contributed by atoms with E-state index in [2.05, 4.69) is 104 Å². The Morgan fingerprint density at radius 1 is 0.533 bits per heavy atom. The molecule has 0 radical (unpaired) electrons. The van der Waals surface area contributed by atoms with Crippen molar-refractivity contribution < 1.29 is 0 Å². The second-order valence-electron chi connectivity index (χ2n) is 12.4. The van der Waals surface area contributed by atoms with Gasteiger partial charge in [0.15, 0.2) is 0 Å². The lowest BCUT2D eigenvalue weighted by molar-refractivity contribution is 0.667. The molecule has 240 valence electrons. The highest BCUT2D eigenvalue weighted by atomic mass is 15.3. The second kappa shape index (κ2) is 18.8. The number of rotatable bonds is 20. The van der Waals surface area contributed by atoms with Crippen molar-refractivity contribution in [3.8, 4) is 0 Å². The third kappa shape index (κ3) is 11.2. The number of hydrogen-bond acceptors (Lipinski definition) is 5. The Bertz CT molecular complexity index is 1320. The number of nitrogens with zero attached hydrogens (tertiary/aromatic N) is 3. The molecule has 0 aliphatic heterocycles. The van der Waals surface area contributed by atoms with Crippen LogP contribution in [-0.2, 0) is 19.3 Å². The first-order chi connectivity index (χ1) is 22.1. The van der Waals surface area contributed by atoms with E-state index in [0.29, 0.717) is 17.6 Å². The molecule has 0 bridgehead atoms. The monoisotopic (exact) mass is 605 g/mol. The van der Waals surface area contributed by atoms with Gasteiger partial charge >= 0.3 is 0 Å². The highest BCUT2D eigenvalue weighted by Crippen LogP contribution is 2.34. The normalized spacial score (nSPS) is 11.1. The van der Waals surface area contributed by atoms with Crippen molar-refractivity contribution in [2.75, 3.05) is 16.0 Å². The summed E-state index contributed by atoms with van der Waals surface area (Å²) >= 11 is 0. The van der Waals surface area contributed by atoms with Crippen LogP contribution < -0.4 is 16.0 Å². The summed E-state index contributed by atoms with van der Waals surface area (Å²) in [6.07, 6.45) is 18.6. The number of hydrogen-bond donors (Lipinski definition) is 2. The molecule has 0 aliphatic carbocycles. The average molecular weight is 606 g/mol. The lowest BCUT2D eigenvalue weighted by atomic mass is 10.0. The first-order valence-corrected chi connectivity index (χ1v) is 17.6. The lowest BCUT2D eigenvalue weighted by Crippen LogP contribution is -2.15. The molecule has 45 heavy (non-hydrogen) atoms. The predicted octanol–water partition coefficient (Wildman–Crippen LogP) is 11.6. The molecule has 0 saturated carbocycles. The van der Waals surface area contributed by atoms with Gasteiger partial charge in [0.05, 0.1) is 0 Å². The predicted molar refractivity (Wildman–Crippen MR) is 194 cm³/mol. The van der Waals surface area contributed by atoms with Crippen molar-refractivity contribution in [3.05, 3.63) is 95.6 Å². The number of nitrogens with one attached hydrogen (secondary N) is 1. The quantitative estimate of drug-likeness (QED) is 0.0981. The summed E-state index contributed by atoms with van der Waals surface area (Å²) in [6, 6.07) is 28.2. The summed E-state index contributed by atoms with van der Waals surface area (Å²) in [7, 11) is 0. The zero-order chi connectivity index (χ0) is 31.7. The summed E-state index contributed by atoms with van der Waals surface area (Å²) in [5, 5.41) is 3.47. The first-order valence-electron chi connectivity index (χ1n) is 17.6. The molecular formula is C40H55N5. The number of nitrogens with two attached hydrogens (primary N) is 1. The highest BCUT2D eigenvalue weighted by Gasteiger charge is 2.17. The van der Waals surface area contributed by atoms with Crippen molar-refractivity contribution in [2.24, 2.45) is 0 Å². The van der Waals surface area contributed by atoms with Gasteiger partial charge in [0.25, 0.3) is 0 Å². The van der Waals surface area contributed by atoms with Crippen LogP contribution in [0.5, 0.6) is 0 Å². The van der Waals surface area contributed by atoms with Crippen LogP contribution in [0.4, 0.5) is 34.6 Å². The molecule has 0 spiro atoms. The van der Waals surface area contributed by atoms with Crippen LogP contribution >= 0.6 is 0 Å². The van der Waals surface area contributed by atoms with Gasteiger partial charge in [0.1, 0.15) is 11.6 Å². The van der Waals surface area contributed by atoms with Gasteiger partial charge in [-0.15, -0.1) is 0 Å². The molecule has 5 heteroatoms. The number of unbranched alkanes of at least 4 members (excludes halogenated alkanes) is 9. The van der Waals surface area contributed by atoms with E-state index in [9.17, 15) is 0 Å². The minimum absolute atomic E-state index is 0.431. The van der Waals surface area contributed by atoms with Crippen LogP contribution in [-0.4, -0.2) is 9.97 Å². The summed E-state index contributed by atoms with van der Waals surface area (Å²) in [6.45, 7) is 6.77. The largest absolute Gasteiger partial charge is 0.383 e. The Kier molecular flexibility index (Phi) is 14.2. The number of benzene rings is 3. The third-order valence-corrected chi connectivity index (χ3v) is 8.51. The van der Waals surface area contributed by atoms with Crippen LogP contribution in [0.2, 0.25) is 0 Å². The molecule has 4 rings (SSSR count). The van der Waals surface area contributed by atoms with Crippen LogP contribution in [0.1, 0.15) is 115 Å². The van der Waals surface area contributed by atoms with E-state index in [1.54, 1.807) is 6.07 Å². The van der Waals surface area contributed by atoms with E-state index >= 15 is 0 Å². The van der Waals surface area contributed by atoms with Crippen LogP contribution in [0.15, 0.2) is 78.9 Å². The molecule has 0 unspecified atom stereocenters. The maximum absolute atomic E-state index is 6.40. The van der Waals surface area contributed by atoms with Crippen molar-refractivity contribution >= 4 is 34.6 Å². The number of aryl methyl sites for hydroxylation is 3. The van der Waals surface area contributed by atoms with E-state index in [1.165, 1.54) is 93.7 Å². The SMILES string of the molecule is CCCCCCc1ccc(Nc2cc(N)nc(N(c3ccc(CCCCCC)cc3)c3ccc(CCCCCC)cc3)n2)cc1. The Labute approximate surface area is 272 Å².